The number of pyridine rings is 1. The molecule has 1 aromatic rings. The molecule has 1 aliphatic carbocycles. The van der Waals surface area contributed by atoms with Crippen molar-refractivity contribution in [2.45, 2.75) is 45.1 Å². The molecule has 2 rings (SSSR count). The highest BCUT2D eigenvalue weighted by atomic mass is 16.5. The van der Waals surface area contributed by atoms with Gasteiger partial charge in [0.05, 0.1) is 30.6 Å². The van der Waals surface area contributed by atoms with Crippen molar-refractivity contribution in [3.63, 3.8) is 0 Å². The predicted molar refractivity (Wildman–Crippen MR) is 77.1 cm³/mol. The molecule has 5 nitrogen and oxygen atoms in total. The van der Waals surface area contributed by atoms with Crippen LogP contribution in [0, 0.1) is 5.92 Å². The molecule has 1 aromatic heterocycles. The lowest BCUT2D eigenvalue weighted by atomic mass is 9.79. The van der Waals surface area contributed by atoms with Crippen LogP contribution >= 0.6 is 0 Å². The summed E-state index contributed by atoms with van der Waals surface area (Å²) >= 11 is 0. The van der Waals surface area contributed by atoms with Crippen molar-refractivity contribution in [1.82, 2.24) is 4.98 Å². The minimum Gasteiger partial charge on any atom is -0.478 e. The zero-order chi connectivity index (χ0) is 14.6. The molecule has 0 amide bonds. The molecule has 2 N–H and O–H groups in total. The summed E-state index contributed by atoms with van der Waals surface area (Å²) in [7, 11) is 0. The maximum absolute atomic E-state index is 10.6. The van der Waals surface area contributed by atoms with Gasteiger partial charge in [0.1, 0.15) is 0 Å². The summed E-state index contributed by atoms with van der Waals surface area (Å²) in [5.41, 5.74) is -0.245. The van der Waals surface area contributed by atoms with E-state index in [1.165, 1.54) is 0 Å². The predicted octanol–water partition coefficient (Wildman–Crippen LogP) is 2.62. The molecule has 1 heterocycles. The van der Waals surface area contributed by atoms with Gasteiger partial charge in [-0.2, -0.15) is 0 Å². The Morgan fingerprint density at radius 2 is 2.30 bits per heavy atom. The van der Waals surface area contributed by atoms with E-state index < -0.39 is 5.60 Å². The van der Waals surface area contributed by atoms with Crippen molar-refractivity contribution in [2.24, 2.45) is 5.92 Å². The van der Waals surface area contributed by atoms with Gasteiger partial charge < -0.3 is 9.84 Å². The summed E-state index contributed by atoms with van der Waals surface area (Å²) in [5.74, 6) is 1.04. The number of aromatic nitrogens is 1. The fraction of sp³-hybridized carbons (Fsp3) is 0.667. The van der Waals surface area contributed by atoms with Crippen LogP contribution in [0.2, 0.25) is 0 Å². The minimum atomic E-state index is -0.814. The first kappa shape index (κ1) is 15.1. The fourth-order valence-electron chi connectivity index (χ4n) is 2.90. The first-order chi connectivity index (χ1) is 9.52. The highest BCUT2D eigenvalue weighted by molar-refractivity contribution is 5.42. The molecule has 2 atom stereocenters. The van der Waals surface area contributed by atoms with Crippen molar-refractivity contribution in [3.05, 3.63) is 18.3 Å². The van der Waals surface area contributed by atoms with Crippen LogP contribution in [0.15, 0.2) is 18.3 Å². The molecule has 0 saturated heterocycles. The monoisotopic (exact) mass is 280 g/mol. The zero-order valence-electron chi connectivity index (χ0n) is 12.2. The molecule has 1 unspecified atom stereocenters. The van der Waals surface area contributed by atoms with Crippen molar-refractivity contribution in [1.29, 1.82) is 0 Å². The molecule has 112 valence electrons. The van der Waals surface area contributed by atoms with E-state index >= 15 is 0 Å². The van der Waals surface area contributed by atoms with Gasteiger partial charge in [0.25, 0.3) is 0 Å². The van der Waals surface area contributed by atoms with Gasteiger partial charge in [-0.1, -0.05) is 19.8 Å². The van der Waals surface area contributed by atoms with E-state index in [0.717, 1.165) is 30.7 Å². The van der Waals surface area contributed by atoms with Gasteiger partial charge in [-0.15, -0.1) is 0 Å². The normalized spacial score (nSPS) is 26.3. The van der Waals surface area contributed by atoms with E-state index in [4.69, 9.17) is 4.74 Å². The van der Waals surface area contributed by atoms with Crippen LogP contribution in [0.3, 0.4) is 0 Å². The van der Waals surface area contributed by atoms with Gasteiger partial charge in [-0.25, -0.2) is 4.98 Å². The van der Waals surface area contributed by atoms with Crippen LogP contribution in [0.25, 0.3) is 0 Å². The maximum Gasteiger partial charge on any atom is 0.213 e. The molecule has 0 bridgehead atoms. The molecule has 20 heavy (non-hydrogen) atoms. The van der Waals surface area contributed by atoms with Gasteiger partial charge in [0.15, 0.2) is 0 Å². The van der Waals surface area contributed by atoms with Gasteiger partial charge in [-0.3, -0.25) is 10.3 Å². The Balaban J connectivity index is 1.98. The summed E-state index contributed by atoms with van der Waals surface area (Å²) in [4.78, 5) is 4.11. The number of ether oxygens (including phenoxy) is 1. The van der Waals surface area contributed by atoms with E-state index in [0.29, 0.717) is 24.1 Å². The molecular formula is C15H24N2O3. The SMILES string of the molecule is CCOc1ccc(N(O)C[C@]2(O)CCCC(C)C2)cn1. The third kappa shape index (κ3) is 3.84. The van der Waals surface area contributed by atoms with Crippen LogP contribution in [-0.2, 0) is 0 Å². The molecular weight excluding hydrogens is 256 g/mol. The average molecular weight is 280 g/mol. The van der Waals surface area contributed by atoms with E-state index in [-0.39, 0.29) is 6.54 Å². The Hall–Kier alpha value is -1.33. The molecule has 0 spiro atoms. The van der Waals surface area contributed by atoms with E-state index in [9.17, 15) is 10.3 Å². The van der Waals surface area contributed by atoms with Crippen molar-refractivity contribution in [2.75, 3.05) is 18.2 Å². The van der Waals surface area contributed by atoms with Crippen LogP contribution in [-0.4, -0.2) is 34.1 Å². The molecule has 5 heteroatoms. The van der Waals surface area contributed by atoms with E-state index in [2.05, 4.69) is 11.9 Å². The lowest BCUT2D eigenvalue weighted by Gasteiger charge is -2.37. The lowest BCUT2D eigenvalue weighted by molar-refractivity contribution is -0.0205. The average Bonchev–Trinajstić information content (AvgIpc) is 2.39. The van der Waals surface area contributed by atoms with Crippen LogP contribution in [0.4, 0.5) is 5.69 Å². The van der Waals surface area contributed by atoms with Gasteiger partial charge in [-0.05, 0) is 31.7 Å². The molecule has 0 radical (unpaired) electrons. The van der Waals surface area contributed by atoms with Gasteiger partial charge in [0, 0.05) is 6.07 Å². The lowest BCUT2D eigenvalue weighted by Crippen LogP contribution is -2.45. The van der Waals surface area contributed by atoms with Crippen molar-refractivity contribution >= 4 is 5.69 Å². The Kier molecular flexibility index (Phi) is 4.83. The van der Waals surface area contributed by atoms with E-state index in [1.54, 1.807) is 18.3 Å². The third-order valence-electron chi connectivity index (χ3n) is 3.82. The van der Waals surface area contributed by atoms with Gasteiger partial charge >= 0.3 is 0 Å². The first-order valence-corrected chi connectivity index (χ1v) is 7.30. The summed E-state index contributed by atoms with van der Waals surface area (Å²) in [5, 5.41) is 21.8. The van der Waals surface area contributed by atoms with Gasteiger partial charge in [0.2, 0.25) is 5.88 Å². The number of nitrogens with zero attached hydrogens (tertiary/aromatic N) is 2. The largest absolute Gasteiger partial charge is 0.478 e. The number of aliphatic hydroxyl groups is 1. The highest BCUT2D eigenvalue weighted by Crippen LogP contribution is 2.33. The Bertz CT molecular complexity index is 424. The third-order valence-corrected chi connectivity index (χ3v) is 3.82. The second-order valence-electron chi connectivity index (χ2n) is 5.77. The minimum absolute atomic E-state index is 0.215. The molecule has 1 fully saturated rings. The Labute approximate surface area is 120 Å². The topological polar surface area (TPSA) is 65.8 Å². The standard InChI is InChI=1S/C15H24N2O3/c1-3-20-14-7-6-13(10-16-14)17(19)11-15(18)8-4-5-12(2)9-15/h6-7,10,12,18-19H,3-5,8-9,11H2,1-2H3/t12?,15-/m0/s1. The number of hydrogen-bond acceptors (Lipinski definition) is 5. The van der Waals surface area contributed by atoms with E-state index in [1.807, 2.05) is 6.92 Å². The summed E-state index contributed by atoms with van der Waals surface area (Å²) < 4.78 is 5.26. The first-order valence-electron chi connectivity index (χ1n) is 7.30. The molecule has 0 aliphatic heterocycles. The molecule has 0 aromatic carbocycles. The summed E-state index contributed by atoms with van der Waals surface area (Å²) in [6, 6.07) is 3.46. The highest BCUT2D eigenvalue weighted by Gasteiger charge is 2.34. The maximum atomic E-state index is 10.6. The van der Waals surface area contributed by atoms with Crippen LogP contribution in [0.1, 0.15) is 39.5 Å². The second kappa shape index (κ2) is 6.41. The fourth-order valence-corrected chi connectivity index (χ4v) is 2.90. The summed E-state index contributed by atoms with van der Waals surface area (Å²) in [6.45, 7) is 4.82. The quantitative estimate of drug-likeness (QED) is 0.812. The number of hydroxylamine groups is 1. The number of rotatable bonds is 5. The van der Waals surface area contributed by atoms with Crippen molar-refractivity contribution in [3.8, 4) is 5.88 Å². The second-order valence-corrected chi connectivity index (χ2v) is 5.77. The number of anilines is 1. The van der Waals surface area contributed by atoms with Crippen LogP contribution < -0.4 is 9.80 Å². The van der Waals surface area contributed by atoms with Crippen molar-refractivity contribution < 1.29 is 15.1 Å². The smallest absolute Gasteiger partial charge is 0.213 e. The molecule has 1 saturated carbocycles. The zero-order valence-corrected chi connectivity index (χ0v) is 12.2. The number of hydrogen-bond donors (Lipinski definition) is 2. The summed E-state index contributed by atoms with van der Waals surface area (Å²) in [6.07, 6.45) is 5.18. The van der Waals surface area contributed by atoms with Crippen LogP contribution in [0.5, 0.6) is 5.88 Å². The molecule has 1 aliphatic rings. The Morgan fingerprint density at radius 1 is 1.50 bits per heavy atom. The Morgan fingerprint density at radius 3 is 2.90 bits per heavy atom.